The summed E-state index contributed by atoms with van der Waals surface area (Å²) < 4.78 is 11.5. The van der Waals surface area contributed by atoms with Gasteiger partial charge in [0.15, 0.2) is 0 Å². The van der Waals surface area contributed by atoms with Crippen LogP contribution in [0.15, 0.2) is 0 Å². The largest absolute Gasteiger partial charge is 0.634 e. The monoisotopic (exact) mass is 119 g/mol. The van der Waals surface area contributed by atoms with Crippen LogP contribution in [0.1, 0.15) is 6.42 Å². The minimum absolute atomic E-state index is 0.266. The molecule has 0 aromatic heterocycles. The molecule has 0 aromatic carbocycles. The van der Waals surface area contributed by atoms with Crippen LogP contribution in [0.3, 0.4) is 0 Å². The lowest BCUT2D eigenvalue weighted by atomic mass is 10.00. The maximum Gasteiger partial charge on any atom is 0.0901 e. The highest BCUT2D eigenvalue weighted by molar-refractivity contribution is 4.62. The molecule has 0 aromatic rings. The quantitative estimate of drug-likeness (QED) is 0.481. The number of alkyl halides is 1. The van der Waals surface area contributed by atoms with Crippen molar-refractivity contribution in [2.24, 2.45) is 5.92 Å². The molecule has 1 saturated heterocycles. The predicted octanol–water partition coefficient (Wildman–Crippen LogP) is -0.641. The van der Waals surface area contributed by atoms with Crippen molar-refractivity contribution in [1.82, 2.24) is 0 Å². The Labute approximate surface area is 47.9 Å². The Hall–Kier alpha value is -0.150. The maximum atomic E-state index is 11.5. The Morgan fingerprint density at radius 3 is 2.62 bits per heavy atom. The van der Waals surface area contributed by atoms with Crippen LogP contribution in [0.2, 0.25) is 0 Å². The number of rotatable bonds is 2. The van der Waals surface area contributed by atoms with Gasteiger partial charge in [-0.25, -0.2) is 0 Å². The summed E-state index contributed by atoms with van der Waals surface area (Å²) >= 11 is 0. The summed E-state index contributed by atoms with van der Waals surface area (Å²) in [5.74, 6) is 0.382. The number of hydrogen-bond acceptors (Lipinski definition) is 1. The van der Waals surface area contributed by atoms with Crippen LogP contribution in [-0.2, 0) is 0 Å². The molecule has 1 rings (SSSR count). The lowest BCUT2D eigenvalue weighted by molar-refractivity contribution is -0.902. The normalized spacial score (nSPS) is 36.8. The third-order valence-corrected chi connectivity index (χ3v) is 1.55. The summed E-state index contributed by atoms with van der Waals surface area (Å²) in [6, 6.07) is 0. The molecule has 3 heteroatoms. The SMILES string of the molecule is [O-][NH+]1CC(CCF)C1. The molecule has 0 unspecified atom stereocenters. The lowest BCUT2D eigenvalue weighted by Gasteiger charge is -2.37. The van der Waals surface area contributed by atoms with Crippen LogP contribution < -0.4 is 5.06 Å². The molecule has 1 aliphatic rings. The molecule has 0 radical (unpaired) electrons. The second-order valence-corrected chi connectivity index (χ2v) is 2.29. The fourth-order valence-electron chi connectivity index (χ4n) is 0.943. The van der Waals surface area contributed by atoms with Gasteiger partial charge in [-0.05, 0) is 6.42 Å². The van der Waals surface area contributed by atoms with Crippen molar-refractivity contribution in [3.63, 3.8) is 0 Å². The molecular formula is C5H10FNO. The molecule has 0 amide bonds. The van der Waals surface area contributed by atoms with Gasteiger partial charge in [0.05, 0.1) is 25.7 Å². The van der Waals surface area contributed by atoms with Crippen LogP contribution >= 0.6 is 0 Å². The first-order valence-corrected chi connectivity index (χ1v) is 2.90. The standard InChI is InChI=1S/C5H10FNO/c6-2-1-5-3-7(8)4-5/h5,7H,1-4H2. The molecule has 0 atom stereocenters. The van der Waals surface area contributed by atoms with E-state index in [1.807, 2.05) is 0 Å². The first kappa shape index (κ1) is 5.98. The van der Waals surface area contributed by atoms with Crippen LogP contribution in [0.4, 0.5) is 4.39 Å². The van der Waals surface area contributed by atoms with Crippen molar-refractivity contribution in [1.29, 1.82) is 0 Å². The van der Waals surface area contributed by atoms with Gasteiger partial charge in [-0.1, -0.05) is 0 Å². The van der Waals surface area contributed by atoms with E-state index in [4.69, 9.17) is 0 Å². The third-order valence-electron chi connectivity index (χ3n) is 1.55. The minimum Gasteiger partial charge on any atom is -0.634 e. The smallest absolute Gasteiger partial charge is 0.0901 e. The zero-order valence-corrected chi connectivity index (χ0v) is 4.69. The van der Waals surface area contributed by atoms with Crippen molar-refractivity contribution in [2.45, 2.75) is 6.42 Å². The topological polar surface area (TPSA) is 27.5 Å². The summed E-state index contributed by atoms with van der Waals surface area (Å²) in [6.45, 7) is 0.992. The van der Waals surface area contributed by atoms with Gasteiger partial charge in [0.2, 0.25) is 0 Å². The summed E-state index contributed by atoms with van der Waals surface area (Å²) in [7, 11) is 0. The van der Waals surface area contributed by atoms with Crippen molar-refractivity contribution in [3.8, 4) is 0 Å². The van der Waals surface area contributed by atoms with E-state index in [9.17, 15) is 9.60 Å². The fourth-order valence-corrected chi connectivity index (χ4v) is 0.943. The van der Waals surface area contributed by atoms with E-state index in [1.165, 1.54) is 0 Å². The van der Waals surface area contributed by atoms with E-state index in [0.29, 0.717) is 30.5 Å². The zero-order valence-electron chi connectivity index (χ0n) is 4.69. The Morgan fingerprint density at radius 2 is 2.25 bits per heavy atom. The highest BCUT2D eigenvalue weighted by Gasteiger charge is 2.24. The van der Waals surface area contributed by atoms with E-state index >= 15 is 0 Å². The molecule has 8 heavy (non-hydrogen) atoms. The Bertz CT molecular complexity index is 70.1. The van der Waals surface area contributed by atoms with E-state index in [0.717, 1.165) is 0 Å². The molecule has 0 bridgehead atoms. The summed E-state index contributed by atoms with van der Waals surface area (Å²) in [5.41, 5.74) is 0. The fraction of sp³-hybridized carbons (Fsp3) is 1.00. The van der Waals surface area contributed by atoms with Gasteiger partial charge in [0.1, 0.15) is 0 Å². The summed E-state index contributed by atoms with van der Waals surface area (Å²) in [4.78, 5) is 0. The molecule has 1 fully saturated rings. The van der Waals surface area contributed by atoms with E-state index < -0.39 is 0 Å². The Morgan fingerprint density at radius 1 is 1.62 bits per heavy atom. The maximum absolute atomic E-state index is 11.5. The van der Waals surface area contributed by atoms with Gasteiger partial charge in [-0.3, -0.25) is 4.39 Å². The molecule has 0 saturated carbocycles. The van der Waals surface area contributed by atoms with Crippen molar-refractivity contribution in [2.75, 3.05) is 19.8 Å². The second-order valence-electron chi connectivity index (χ2n) is 2.29. The van der Waals surface area contributed by atoms with Crippen LogP contribution in [0.5, 0.6) is 0 Å². The summed E-state index contributed by atoms with van der Waals surface area (Å²) in [6.07, 6.45) is 0.589. The Kier molecular flexibility index (Phi) is 1.81. The first-order chi connectivity index (χ1) is 3.83. The molecule has 2 nitrogen and oxygen atoms in total. The molecule has 1 aliphatic heterocycles. The van der Waals surface area contributed by atoms with Crippen molar-refractivity contribution in [3.05, 3.63) is 5.21 Å². The van der Waals surface area contributed by atoms with Crippen molar-refractivity contribution >= 4 is 0 Å². The lowest BCUT2D eigenvalue weighted by Crippen LogP contribution is -3.15. The van der Waals surface area contributed by atoms with E-state index in [2.05, 4.69) is 0 Å². The molecule has 0 spiro atoms. The summed E-state index contributed by atoms with van der Waals surface area (Å²) in [5, 5.41) is 10.6. The van der Waals surface area contributed by atoms with Gasteiger partial charge >= 0.3 is 0 Å². The van der Waals surface area contributed by atoms with Gasteiger partial charge < -0.3 is 10.3 Å². The predicted molar refractivity (Wildman–Crippen MR) is 28.1 cm³/mol. The molecule has 48 valence electrons. The van der Waals surface area contributed by atoms with Crippen LogP contribution in [0.25, 0.3) is 0 Å². The average Bonchev–Trinajstić information content (AvgIpc) is 1.64. The van der Waals surface area contributed by atoms with Crippen molar-refractivity contribution < 1.29 is 9.45 Å². The van der Waals surface area contributed by atoms with Crippen LogP contribution in [-0.4, -0.2) is 19.8 Å². The first-order valence-electron chi connectivity index (χ1n) is 2.90. The number of quaternary nitrogens is 1. The highest BCUT2D eigenvalue weighted by atomic mass is 19.1. The number of hydroxylamine groups is 2. The number of hydrogen-bond donors (Lipinski definition) is 1. The van der Waals surface area contributed by atoms with E-state index in [1.54, 1.807) is 0 Å². The zero-order chi connectivity index (χ0) is 5.98. The van der Waals surface area contributed by atoms with E-state index in [-0.39, 0.29) is 6.67 Å². The molecule has 1 N–H and O–H groups in total. The number of halogens is 1. The second kappa shape index (κ2) is 2.42. The Balaban J connectivity index is 1.98. The highest BCUT2D eigenvalue weighted by Crippen LogP contribution is 2.02. The molecular weight excluding hydrogens is 109 g/mol. The van der Waals surface area contributed by atoms with Gasteiger partial charge in [-0.2, -0.15) is 0 Å². The minimum atomic E-state index is -0.266. The molecule has 0 aliphatic carbocycles. The third kappa shape index (κ3) is 1.17. The van der Waals surface area contributed by atoms with Gasteiger partial charge in [0, 0.05) is 0 Å². The molecule has 1 heterocycles. The number of nitrogens with one attached hydrogen (secondary N) is 1. The average molecular weight is 119 g/mol. The van der Waals surface area contributed by atoms with Gasteiger partial charge in [-0.15, -0.1) is 0 Å². The van der Waals surface area contributed by atoms with Gasteiger partial charge in [0.25, 0.3) is 0 Å². The van der Waals surface area contributed by atoms with Crippen LogP contribution in [0, 0.1) is 11.1 Å².